The van der Waals surface area contributed by atoms with Gasteiger partial charge in [-0.15, -0.1) is 0 Å². The molecule has 32 heavy (non-hydrogen) atoms. The highest BCUT2D eigenvalue weighted by molar-refractivity contribution is 6.22. The van der Waals surface area contributed by atoms with Gasteiger partial charge in [0.2, 0.25) is 0 Å². The first-order valence-electron chi connectivity index (χ1n) is 10.4. The lowest BCUT2D eigenvalue weighted by Crippen LogP contribution is -2.33. The van der Waals surface area contributed by atoms with E-state index in [-0.39, 0.29) is 17.7 Å². The molecular formula is C25H24N4O3. The Labute approximate surface area is 186 Å². The van der Waals surface area contributed by atoms with Crippen LogP contribution in [0.2, 0.25) is 0 Å². The second-order valence-corrected chi connectivity index (χ2v) is 8.02. The number of hydrogen-bond acceptors (Lipinski definition) is 4. The molecule has 0 saturated heterocycles. The van der Waals surface area contributed by atoms with Crippen LogP contribution in [0, 0.1) is 5.92 Å². The van der Waals surface area contributed by atoms with Crippen LogP contribution in [0.1, 0.15) is 34.6 Å². The topological polar surface area (TPSA) is 90.5 Å². The van der Waals surface area contributed by atoms with Crippen molar-refractivity contribution in [3.8, 4) is 0 Å². The average Bonchev–Trinajstić information content (AvgIpc) is 3.00. The summed E-state index contributed by atoms with van der Waals surface area (Å²) in [4.78, 5) is 38.7. The van der Waals surface area contributed by atoms with Crippen molar-refractivity contribution < 1.29 is 14.4 Å². The SMILES string of the molecule is CC(C)CN1C(=O)c2ccc(NC(=O)Nc3ccc(Nc4ccccc4)cc3)cc2C1=O. The van der Waals surface area contributed by atoms with E-state index in [0.717, 1.165) is 11.4 Å². The zero-order chi connectivity index (χ0) is 22.7. The minimum Gasteiger partial charge on any atom is -0.356 e. The molecule has 0 fully saturated rings. The highest BCUT2D eigenvalue weighted by atomic mass is 16.2. The van der Waals surface area contributed by atoms with Crippen molar-refractivity contribution in [1.29, 1.82) is 0 Å². The number of nitrogens with zero attached hydrogens (tertiary/aromatic N) is 1. The third-order valence-electron chi connectivity index (χ3n) is 4.98. The third kappa shape index (κ3) is 4.62. The molecule has 1 aliphatic rings. The van der Waals surface area contributed by atoms with E-state index in [9.17, 15) is 14.4 Å². The fraction of sp³-hybridized carbons (Fsp3) is 0.160. The second-order valence-electron chi connectivity index (χ2n) is 8.02. The van der Waals surface area contributed by atoms with Gasteiger partial charge in [-0.05, 0) is 60.5 Å². The molecule has 0 aromatic heterocycles. The van der Waals surface area contributed by atoms with E-state index in [2.05, 4.69) is 16.0 Å². The predicted octanol–water partition coefficient (Wildman–Crippen LogP) is 5.33. The Morgan fingerprint density at radius 2 is 1.31 bits per heavy atom. The quantitative estimate of drug-likeness (QED) is 0.463. The van der Waals surface area contributed by atoms with Crippen LogP contribution in [-0.2, 0) is 0 Å². The molecule has 0 radical (unpaired) electrons. The maximum atomic E-state index is 12.6. The molecule has 1 heterocycles. The van der Waals surface area contributed by atoms with E-state index >= 15 is 0 Å². The van der Waals surface area contributed by atoms with Crippen molar-refractivity contribution in [2.24, 2.45) is 5.92 Å². The van der Waals surface area contributed by atoms with E-state index in [0.29, 0.717) is 29.0 Å². The van der Waals surface area contributed by atoms with Gasteiger partial charge in [-0.2, -0.15) is 0 Å². The summed E-state index contributed by atoms with van der Waals surface area (Å²) in [5, 5.41) is 8.76. The fourth-order valence-corrected chi connectivity index (χ4v) is 3.52. The van der Waals surface area contributed by atoms with Gasteiger partial charge in [0.15, 0.2) is 0 Å². The van der Waals surface area contributed by atoms with Gasteiger partial charge in [-0.25, -0.2) is 4.79 Å². The molecule has 4 amide bonds. The number of nitrogens with one attached hydrogen (secondary N) is 3. The number of amides is 4. The van der Waals surface area contributed by atoms with Crippen molar-refractivity contribution in [2.75, 3.05) is 22.5 Å². The molecule has 1 aliphatic heterocycles. The van der Waals surface area contributed by atoms with Gasteiger partial charge in [0.1, 0.15) is 0 Å². The highest BCUT2D eigenvalue weighted by Gasteiger charge is 2.35. The molecule has 7 heteroatoms. The molecule has 3 aromatic carbocycles. The Kier molecular flexibility index (Phi) is 5.89. The van der Waals surface area contributed by atoms with Crippen molar-refractivity contribution >= 4 is 40.6 Å². The van der Waals surface area contributed by atoms with Crippen molar-refractivity contribution in [3.05, 3.63) is 83.9 Å². The Balaban J connectivity index is 1.38. The smallest absolute Gasteiger partial charge is 0.323 e. The van der Waals surface area contributed by atoms with Crippen molar-refractivity contribution in [3.63, 3.8) is 0 Å². The lowest BCUT2D eigenvalue weighted by Gasteiger charge is -2.15. The van der Waals surface area contributed by atoms with Crippen molar-refractivity contribution in [2.45, 2.75) is 13.8 Å². The van der Waals surface area contributed by atoms with Gasteiger partial charge >= 0.3 is 6.03 Å². The standard InChI is InChI=1S/C25H24N4O3/c1-16(2)15-29-23(30)21-13-12-20(14-22(21)24(29)31)28-25(32)27-19-10-8-18(9-11-19)26-17-6-4-3-5-7-17/h3-14,16,26H,15H2,1-2H3,(H2,27,28,32). The summed E-state index contributed by atoms with van der Waals surface area (Å²) >= 11 is 0. The molecular weight excluding hydrogens is 404 g/mol. The third-order valence-corrected chi connectivity index (χ3v) is 4.98. The van der Waals surface area contributed by atoms with E-state index in [4.69, 9.17) is 0 Å². The van der Waals surface area contributed by atoms with Gasteiger partial charge in [-0.1, -0.05) is 32.0 Å². The first kappa shape index (κ1) is 21.1. The number of fused-ring (bicyclic) bond motifs is 1. The molecule has 0 aliphatic carbocycles. The maximum absolute atomic E-state index is 12.6. The van der Waals surface area contributed by atoms with Crippen LogP contribution in [-0.4, -0.2) is 29.3 Å². The minimum atomic E-state index is -0.440. The molecule has 0 bridgehead atoms. The van der Waals surface area contributed by atoms with E-state index in [1.807, 2.05) is 56.3 Å². The predicted molar refractivity (Wildman–Crippen MR) is 125 cm³/mol. The van der Waals surface area contributed by atoms with Crippen LogP contribution >= 0.6 is 0 Å². The van der Waals surface area contributed by atoms with Gasteiger partial charge < -0.3 is 16.0 Å². The molecule has 3 aromatic rings. The van der Waals surface area contributed by atoms with Gasteiger partial charge in [0.05, 0.1) is 11.1 Å². The molecule has 162 valence electrons. The number of carbonyl (C=O) groups excluding carboxylic acids is 3. The Morgan fingerprint density at radius 1 is 0.750 bits per heavy atom. The summed E-state index contributed by atoms with van der Waals surface area (Å²) in [7, 11) is 0. The lowest BCUT2D eigenvalue weighted by atomic mass is 10.1. The molecule has 0 saturated carbocycles. The van der Waals surface area contributed by atoms with E-state index in [1.165, 1.54) is 4.90 Å². The zero-order valence-electron chi connectivity index (χ0n) is 17.9. The summed E-state index contributed by atoms with van der Waals surface area (Å²) in [6, 6.07) is 21.4. The van der Waals surface area contributed by atoms with Crippen LogP contribution < -0.4 is 16.0 Å². The average molecular weight is 428 g/mol. The Hall–Kier alpha value is -4.13. The van der Waals surface area contributed by atoms with Crippen LogP contribution in [0.15, 0.2) is 72.8 Å². The highest BCUT2D eigenvalue weighted by Crippen LogP contribution is 2.27. The summed E-state index contributed by atoms with van der Waals surface area (Å²) < 4.78 is 0. The van der Waals surface area contributed by atoms with E-state index < -0.39 is 6.03 Å². The summed E-state index contributed by atoms with van der Waals surface area (Å²) in [5.74, 6) is -0.446. The zero-order valence-corrected chi connectivity index (χ0v) is 17.9. The normalized spacial score (nSPS) is 12.7. The van der Waals surface area contributed by atoms with Crippen LogP contribution in [0.4, 0.5) is 27.5 Å². The fourth-order valence-electron chi connectivity index (χ4n) is 3.52. The number of imide groups is 1. The maximum Gasteiger partial charge on any atom is 0.323 e. The number of urea groups is 1. The largest absolute Gasteiger partial charge is 0.356 e. The van der Waals surface area contributed by atoms with Crippen molar-refractivity contribution in [1.82, 2.24) is 4.90 Å². The Bertz CT molecular complexity index is 1160. The molecule has 0 atom stereocenters. The number of carbonyl (C=O) groups is 3. The first-order chi connectivity index (χ1) is 15.4. The summed E-state index contributed by atoms with van der Waals surface area (Å²) in [5.41, 5.74) is 3.61. The molecule has 3 N–H and O–H groups in total. The molecule has 7 nitrogen and oxygen atoms in total. The Morgan fingerprint density at radius 3 is 2.00 bits per heavy atom. The number of anilines is 4. The van der Waals surface area contributed by atoms with Crippen LogP contribution in [0.25, 0.3) is 0 Å². The monoisotopic (exact) mass is 428 g/mol. The lowest BCUT2D eigenvalue weighted by molar-refractivity contribution is 0.0636. The summed E-state index contributed by atoms with van der Waals surface area (Å²) in [6.07, 6.45) is 0. The molecule has 0 spiro atoms. The number of hydrogen-bond donors (Lipinski definition) is 3. The molecule has 4 rings (SSSR count). The number of rotatable bonds is 6. The van der Waals surface area contributed by atoms with Gasteiger partial charge in [0, 0.05) is 29.3 Å². The molecule has 0 unspecified atom stereocenters. The number of benzene rings is 3. The number of para-hydroxylation sites is 1. The van der Waals surface area contributed by atoms with Gasteiger partial charge in [0.25, 0.3) is 11.8 Å². The second kappa shape index (κ2) is 8.93. The van der Waals surface area contributed by atoms with E-state index in [1.54, 1.807) is 30.3 Å². The van der Waals surface area contributed by atoms with Crippen LogP contribution in [0.3, 0.4) is 0 Å². The van der Waals surface area contributed by atoms with Gasteiger partial charge in [-0.3, -0.25) is 14.5 Å². The first-order valence-corrected chi connectivity index (χ1v) is 10.4. The van der Waals surface area contributed by atoms with Crippen LogP contribution in [0.5, 0.6) is 0 Å². The summed E-state index contributed by atoms with van der Waals surface area (Å²) in [6.45, 7) is 4.26. The minimum absolute atomic E-state index is 0.176.